The summed E-state index contributed by atoms with van der Waals surface area (Å²) < 4.78 is 12.7. The van der Waals surface area contributed by atoms with Crippen molar-refractivity contribution in [1.82, 2.24) is 18.7 Å². The van der Waals surface area contributed by atoms with Gasteiger partial charge in [0, 0.05) is 0 Å². The lowest BCUT2D eigenvalue weighted by Crippen LogP contribution is -2.12. The zero-order chi connectivity index (χ0) is 15.0. The topological polar surface area (TPSA) is 97.8 Å². The number of rotatable bonds is 3. The van der Waals surface area contributed by atoms with E-state index in [9.17, 15) is 9.59 Å². The van der Waals surface area contributed by atoms with E-state index in [-0.39, 0.29) is 5.56 Å². The average Bonchev–Trinajstić information content (AvgIpc) is 3.06. The van der Waals surface area contributed by atoms with Crippen LogP contribution < -0.4 is 5.56 Å². The number of fused-ring (bicyclic) bond motifs is 1. The maximum atomic E-state index is 12.2. The standard InChI is InChI=1S/C12H10N4O3S2/c1-5-8-10(17)14-7(3-6-4-13-21-16-6)15-11(8)20-9(5)12(18)19-2/h4H,3H2,1-2H3,(H,14,15,17). The van der Waals surface area contributed by atoms with Gasteiger partial charge in [0.05, 0.1) is 42.5 Å². The third kappa shape index (κ3) is 2.45. The Morgan fingerprint density at radius 1 is 1.48 bits per heavy atom. The molecular formula is C12H10N4O3S2. The Kier molecular flexibility index (Phi) is 3.52. The second kappa shape index (κ2) is 5.34. The maximum absolute atomic E-state index is 12.2. The molecule has 0 radical (unpaired) electrons. The fourth-order valence-corrected chi connectivity index (χ4v) is 3.54. The van der Waals surface area contributed by atoms with Crippen LogP contribution in [0.1, 0.15) is 26.8 Å². The molecule has 21 heavy (non-hydrogen) atoms. The summed E-state index contributed by atoms with van der Waals surface area (Å²) in [6.45, 7) is 1.71. The Morgan fingerprint density at radius 2 is 2.29 bits per heavy atom. The molecule has 1 N–H and O–H groups in total. The highest BCUT2D eigenvalue weighted by Gasteiger charge is 2.19. The third-order valence-electron chi connectivity index (χ3n) is 2.98. The fraction of sp³-hybridized carbons (Fsp3) is 0.250. The molecule has 0 aromatic carbocycles. The van der Waals surface area contributed by atoms with E-state index < -0.39 is 5.97 Å². The van der Waals surface area contributed by atoms with Crippen LogP contribution in [0.5, 0.6) is 0 Å². The van der Waals surface area contributed by atoms with Crippen molar-refractivity contribution >= 4 is 39.3 Å². The highest BCUT2D eigenvalue weighted by molar-refractivity contribution is 7.20. The van der Waals surface area contributed by atoms with Crippen molar-refractivity contribution in [3.63, 3.8) is 0 Å². The van der Waals surface area contributed by atoms with E-state index in [1.54, 1.807) is 13.1 Å². The first-order chi connectivity index (χ1) is 10.1. The van der Waals surface area contributed by atoms with E-state index in [0.717, 1.165) is 28.8 Å². The first-order valence-electron chi connectivity index (χ1n) is 5.97. The molecule has 0 atom stereocenters. The highest BCUT2D eigenvalue weighted by atomic mass is 32.1. The summed E-state index contributed by atoms with van der Waals surface area (Å²) in [6, 6.07) is 0. The van der Waals surface area contributed by atoms with Crippen molar-refractivity contribution in [2.75, 3.05) is 7.11 Å². The van der Waals surface area contributed by atoms with Gasteiger partial charge in [-0.25, -0.2) is 9.78 Å². The van der Waals surface area contributed by atoms with E-state index in [0.29, 0.717) is 32.9 Å². The summed E-state index contributed by atoms with van der Waals surface area (Å²) in [5.74, 6) is 0.0398. The Balaban J connectivity index is 2.11. The molecular weight excluding hydrogens is 312 g/mol. The minimum atomic E-state index is -0.458. The van der Waals surface area contributed by atoms with Gasteiger partial charge >= 0.3 is 5.97 Å². The van der Waals surface area contributed by atoms with Gasteiger partial charge < -0.3 is 9.72 Å². The number of aromatic amines is 1. The molecule has 3 aromatic heterocycles. The van der Waals surface area contributed by atoms with E-state index >= 15 is 0 Å². The number of ether oxygens (including phenoxy) is 1. The minimum absolute atomic E-state index is 0.262. The molecule has 0 aliphatic heterocycles. The second-order valence-electron chi connectivity index (χ2n) is 4.32. The third-order valence-corrected chi connectivity index (χ3v) is 4.66. The van der Waals surface area contributed by atoms with Crippen molar-refractivity contribution in [2.45, 2.75) is 13.3 Å². The minimum Gasteiger partial charge on any atom is -0.465 e. The molecule has 0 aliphatic rings. The van der Waals surface area contributed by atoms with Crippen LogP contribution in [-0.2, 0) is 11.2 Å². The van der Waals surface area contributed by atoms with Crippen LogP contribution in [0.3, 0.4) is 0 Å². The maximum Gasteiger partial charge on any atom is 0.348 e. The summed E-state index contributed by atoms with van der Waals surface area (Å²) in [5, 5.41) is 0.431. The Labute approximate surface area is 127 Å². The van der Waals surface area contributed by atoms with E-state index in [4.69, 9.17) is 4.74 Å². The van der Waals surface area contributed by atoms with Crippen LogP contribution in [0.25, 0.3) is 10.2 Å². The highest BCUT2D eigenvalue weighted by Crippen LogP contribution is 2.27. The van der Waals surface area contributed by atoms with E-state index in [2.05, 4.69) is 18.7 Å². The van der Waals surface area contributed by atoms with Crippen LogP contribution >= 0.6 is 23.1 Å². The molecule has 0 saturated carbocycles. The largest absolute Gasteiger partial charge is 0.465 e. The van der Waals surface area contributed by atoms with Gasteiger partial charge in [-0.05, 0) is 12.5 Å². The van der Waals surface area contributed by atoms with Crippen LogP contribution in [0, 0.1) is 6.92 Å². The first kappa shape index (κ1) is 13.8. The van der Waals surface area contributed by atoms with Crippen molar-refractivity contribution in [3.8, 4) is 0 Å². The molecule has 0 bridgehead atoms. The number of aromatic nitrogens is 4. The predicted molar refractivity (Wildman–Crippen MR) is 79.0 cm³/mol. The van der Waals surface area contributed by atoms with Gasteiger partial charge in [0.1, 0.15) is 15.5 Å². The summed E-state index contributed by atoms with van der Waals surface area (Å²) in [6.07, 6.45) is 2.03. The lowest BCUT2D eigenvalue weighted by atomic mass is 10.2. The van der Waals surface area contributed by atoms with Gasteiger partial charge in [-0.2, -0.15) is 8.75 Å². The normalized spacial score (nSPS) is 11.0. The summed E-state index contributed by atoms with van der Waals surface area (Å²) >= 11 is 2.26. The first-order valence-corrected chi connectivity index (χ1v) is 7.52. The number of carbonyl (C=O) groups is 1. The molecule has 0 fully saturated rings. The van der Waals surface area contributed by atoms with Crippen molar-refractivity contribution < 1.29 is 9.53 Å². The molecule has 0 saturated heterocycles. The molecule has 3 aromatic rings. The second-order valence-corrected chi connectivity index (χ2v) is 5.87. The molecule has 3 heterocycles. The zero-order valence-corrected chi connectivity index (χ0v) is 12.8. The molecule has 0 spiro atoms. The average molecular weight is 322 g/mol. The van der Waals surface area contributed by atoms with Gasteiger partial charge in [0.25, 0.3) is 5.56 Å². The quantitative estimate of drug-likeness (QED) is 0.734. The lowest BCUT2D eigenvalue weighted by molar-refractivity contribution is 0.0605. The Hall–Kier alpha value is -2.13. The Bertz CT molecular complexity index is 867. The van der Waals surface area contributed by atoms with Crippen molar-refractivity contribution in [2.24, 2.45) is 0 Å². The van der Waals surface area contributed by atoms with Crippen LogP contribution in [0.4, 0.5) is 0 Å². The number of nitrogens with zero attached hydrogens (tertiary/aromatic N) is 3. The molecule has 0 aliphatic carbocycles. The number of nitrogens with one attached hydrogen (secondary N) is 1. The predicted octanol–water partition coefficient (Wildman–Crippen LogP) is 1.52. The zero-order valence-electron chi connectivity index (χ0n) is 11.2. The SMILES string of the molecule is COC(=O)c1sc2nc(Cc3cnsn3)[nH]c(=O)c2c1C. The van der Waals surface area contributed by atoms with Gasteiger partial charge in [-0.1, -0.05) is 0 Å². The molecule has 108 valence electrons. The number of thiophene rings is 1. The van der Waals surface area contributed by atoms with Gasteiger partial charge in [0.2, 0.25) is 0 Å². The van der Waals surface area contributed by atoms with Crippen molar-refractivity contribution in [3.05, 3.63) is 38.5 Å². The smallest absolute Gasteiger partial charge is 0.348 e. The lowest BCUT2D eigenvalue weighted by Gasteiger charge is -1.98. The van der Waals surface area contributed by atoms with Crippen LogP contribution in [0.15, 0.2) is 11.0 Å². The molecule has 3 rings (SSSR count). The van der Waals surface area contributed by atoms with Gasteiger partial charge in [-0.3, -0.25) is 4.79 Å². The van der Waals surface area contributed by atoms with Crippen molar-refractivity contribution in [1.29, 1.82) is 0 Å². The number of hydrogen-bond donors (Lipinski definition) is 1. The number of methoxy groups -OCH3 is 1. The summed E-state index contributed by atoms with van der Waals surface area (Å²) in [4.78, 5) is 31.9. The monoisotopic (exact) mass is 322 g/mol. The molecule has 0 unspecified atom stereocenters. The van der Waals surface area contributed by atoms with Crippen LogP contribution in [0.2, 0.25) is 0 Å². The van der Waals surface area contributed by atoms with E-state index in [1.807, 2.05) is 0 Å². The van der Waals surface area contributed by atoms with Gasteiger partial charge in [0.15, 0.2) is 0 Å². The summed E-state index contributed by atoms with van der Waals surface area (Å²) in [7, 11) is 1.31. The number of H-pyrrole nitrogens is 1. The number of hydrogen-bond acceptors (Lipinski definition) is 8. The van der Waals surface area contributed by atoms with Crippen LogP contribution in [-0.4, -0.2) is 31.8 Å². The van der Waals surface area contributed by atoms with E-state index in [1.165, 1.54) is 7.11 Å². The molecule has 7 nitrogen and oxygen atoms in total. The summed E-state index contributed by atoms with van der Waals surface area (Å²) in [5.41, 5.74) is 1.07. The Morgan fingerprint density at radius 3 is 2.95 bits per heavy atom. The number of aryl methyl sites for hydroxylation is 1. The number of carbonyl (C=O) groups excluding carboxylic acids is 1. The van der Waals surface area contributed by atoms with Gasteiger partial charge in [-0.15, -0.1) is 11.3 Å². The fourth-order valence-electron chi connectivity index (χ4n) is 1.99. The molecule has 0 amide bonds. The number of esters is 1. The molecule has 9 heteroatoms.